The second-order valence-corrected chi connectivity index (χ2v) is 8.46. The molecule has 1 fully saturated rings. The van der Waals surface area contributed by atoms with Crippen molar-refractivity contribution in [2.75, 3.05) is 13.1 Å². The predicted octanol–water partition coefficient (Wildman–Crippen LogP) is 3.71. The molecule has 0 unspecified atom stereocenters. The lowest BCUT2D eigenvalue weighted by molar-refractivity contribution is 0.0507. The van der Waals surface area contributed by atoms with Gasteiger partial charge in [0.05, 0.1) is 0 Å². The van der Waals surface area contributed by atoms with Gasteiger partial charge in [-0.1, -0.05) is 27.2 Å². The molecule has 0 saturated carbocycles. The lowest BCUT2D eigenvalue weighted by atomic mass is 9.79. The lowest BCUT2D eigenvalue weighted by Crippen LogP contribution is -2.46. The van der Waals surface area contributed by atoms with E-state index in [0.717, 1.165) is 13.0 Å². The van der Waals surface area contributed by atoms with Crippen molar-refractivity contribution in [1.82, 2.24) is 10.6 Å². The summed E-state index contributed by atoms with van der Waals surface area (Å²) in [7, 11) is 0. The van der Waals surface area contributed by atoms with E-state index in [1.54, 1.807) is 0 Å². The maximum absolute atomic E-state index is 11.9. The number of nitrogens with one attached hydrogen (secondary N) is 2. The highest BCUT2D eigenvalue weighted by atomic mass is 16.6. The number of carbonyl (C=O) groups excluding carboxylic acids is 1. The molecule has 0 bridgehead atoms. The minimum Gasteiger partial charge on any atom is -0.444 e. The molecule has 1 rings (SSSR count). The Morgan fingerprint density at radius 2 is 1.90 bits per heavy atom. The van der Waals surface area contributed by atoms with Gasteiger partial charge in [-0.3, -0.25) is 0 Å². The SMILES string of the molecule is CC(C)(C)C[C@@H](CNC(=O)OC(C)(C)C)[C@@H]1CCCCN1. The Balaban J connectivity index is 2.54. The quantitative estimate of drug-likeness (QED) is 0.832. The first-order valence-electron chi connectivity index (χ1n) is 8.27. The maximum atomic E-state index is 11.9. The van der Waals surface area contributed by atoms with Crippen molar-refractivity contribution in [3.8, 4) is 0 Å². The minimum atomic E-state index is -0.438. The van der Waals surface area contributed by atoms with Crippen molar-refractivity contribution in [2.45, 2.75) is 78.9 Å². The Hall–Kier alpha value is -0.770. The summed E-state index contributed by atoms with van der Waals surface area (Å²) in [4.78, 5) is 11.9. The second kappa shape index (κ2) is 7.48. The van der Waals surface area contributed by atoms with Gasteiger partial charge in [0.25, 0.3) is 0 Å². The average Bonchev–Trinajstić information content (AvgIpc) is 2.32. The van der Waals surface area contributed by atoms with E-state index in [-0.39, 0.29) is 11.5 Å². The van der Waals surface area contributed by atoms with Crippen LogP contribution in [0.2, 0.25) is 0 Å². The molecule has 1 aliphatic rings. The average molecular weight is 298 g/mol. The van der Waals surface area contributed by atoms with E-state index in [2.05, 4.69) is 31.4 Å². The summed E-state index contributed by atoms with van der Waals surface area (Å²) in [5.41, 5.74) is -0.175. The molecule has 0 spiro atoms. The van der Waals surface area contributed by atoms with Gasteiger partial charge in [-0.05, 0) is 57.9 Å². The molecule has 0 aromatic heterocycles. The molecule has 1 amide bonds. The van der Waals surface area contributed by atoms with Crippen LogP contribution in [-0.2, 0) is 4.74 Å². The fourth-order valence-corrected chi connectivity index (χ4v) is 2.95. The van der Waals surface area contributed by atoms with Gasteiger partial charge in [-0.25, -0.2) is 4.79 Å². The summed E-state index contributed by atoms with van der Waals surface area (Å²) >= 11 is 0. The van der Waals surface area contributed by atoms with E-state index in [1.165, 1.54) is 19.3 Å². The fraction of sp³-hybridized carbons (Fsp3) is 0.941. The number of hydrogen-bond acceptors (Lipinski definition) is 3. The molecule has 1 saturated heterocycles. The summed E-state index contributed by atoms with van der Waals surface area (Å²) in [6.45, 7) is 14.2. The number of hydrogen-bond donors (Lipinski definition) is 2. The van der Waals surface area contributed by atoms with Crippen LogP contribution in [0.5, 0.6) is 0 Å². The molecule has 2 N–H and O–H groups in total. The highest BCUT2D eigenvalue weighted by molar-refractivity contribution is 5.67. The van der Waals surface area contributed by atoms with Crippen molar-refractivity contribution in [2.24, 2.45) is 11.3 Å². The van der Waals surface area contributed by atoms with Crippen LogP contribution in [0.1, 0.15) is 67.2 Å². The molecule has 2 atom stereocenters. The minimum absolute atomic E-state index is 0.263. The van der Waals surface area contributed by atoms with Crippen LogP contribution in [0.15, 0.2) is 0 Å². The first-order chi connectivity index (χ1) is 9.57. The Morgan fingerprint density at radius 3 is 2.38 bits per heavy atom. The van der Waals surface area contributed by atoms with E-state index in [9.17, 15) is 4.79 Å². The smallest absolute Gasteiger partial charge is 0.407 e. The van der Waals surface area contributed by atoms with Crippen molar-refractivity contribution >= 4 is 6.09 Å². The summed E-state index contributed by atoms with van der Waals surface area (Å²) in [6, 6.07) is 0.507. The first-order valence-corrected chi connectivity index (χ1v) is 8.27. The van der Waals surface area contributed by atoms with Crippen LogP contribution in [0.4, 0.5) is 4.79 Å². The summed E-state index contributed by atoms with van der Waals surface area (Å²) < 4.78 is 5.34. The Kier molecular flexibility index (Phi) is 6.51. The molecule has 1 aliphatic heterocycles. The molecule has 4 nitrogen and oxygen atoms in total. The number of ether oxygens (including phenoxy) is 1. The summed E-state index contributed by atoms with van der Waals surface area (Å²) in [5.74, 6) is 0.456. The number of carbonyl (C=O) groups is 1. The highest BCUT2D eigenvalue weighted by Gasteiger charge is 2.28. The summed E-state index contributed by atoms with van der Waals surface area (Å²) in [5, 5.41) is 6.58. The number of piperidine rings is 1. The van der Waals surface area contributed by atoms with Crippen LogP contribution >= 0.6 is 0 Å². The lowest BCUT2D eigenvalue weighted by Gasteiger charge is -2.35. The zero-order chi connectivity index (χ0) is 16.1. The van der Waals surface area contributed by atoms with E-state index < -0.39 is 5.60 Å². The highest BCUT2D eigenvalue weighted by Crippen LogP contribution is 2.28. The van der Waals surface area contributed by atoms with Crippen LogP contribution in [0.25, 0.3) is 0 Å². The van der Waals surface area contributed by atoms with E-state index in [1.807, 2.05) is 20.8 Å². The third kappa shape index (κ3) is 8.30. The number of amides is 1. The molecule has 4 heteroatoms. The van der Waals surface area contributed by atoms with Gasteiger partial charge in [0.15, 0.2) is 0 Å². The van der Waals surface area contributed by atoms with Gasteiger partial charge < -0.3 is 15.4 Å². The van der Waals surface area contributed by atoms with Crippen molar-refractivity contribution in [3.05, 3.63) is 0 Å². The normalized spacial score (nSPS) is 21.7. The molecule has 1 heterocycles. The topological polar surface area (TPSA) is 50.4 Å². The van der Waals surface area contributed by atoms with Gasteiger partial charge in [0.2, 0.25) is 0 Å². The number of rotatable bonds is 4. The maximum Gasteiger partial charge on any atom is 0.407 e. The zero-order valence-electron chi connectivity index (χ0n) is 14.7. The standard InChI is InChI=1S/C17H34N2O2/c1-16(2,3)11-13(14-9-7-8-10-18-14)12-19-15(20)21-17(4,5)6/h13-14,18H,7-12H2,1-6H3,(H,19,20)/t13-,14-/m0/s1. The Bertz CT molecular complexity index is 323. The van der Waals surface area contributed by atoms with Crippen molar-refractivity contribution in [3.63, 3.8) is 0 Å². The van der Waals surface area contributed by atoms with Crippen molar-refractivity contribution < 1.29 is 9.53 Å². The largest absolute Gasteiger partial charge is 0.444 e. The zero-order valence-corrected chi connectivity index (χ0v) is 14.7. The second-order valence-electron chi connectivity index (χ2n) is 8.46. The van der Waals surface area contributed by atoms with Crippen LogP contribution in [-0.4, -0.2) is 30.8 Å². The molecule has 21 heavy (non-hydrogen) atoms. The van der Waals surface area contributed by atoms with Gasteiger partial charge in [-0.2, -0.15) is 0 Å². The van der Waals surface area contributed by atoms with Gasteiger partial charge in [0.1, 0.15) is 5.60 Å². The molecular formula is C17H34N2O2. The Labute approximate surface area is 130 Å². The van der Waals surface area contributed by atoms with Crippen LogP contribution in [0, 0.1) is 11.3 Å². The van der Waals surface area contributed by atoms with Gasteiger partial charge >= 0.3 is 6.09 Å². The van der Waals surface area contributed by atoms with E-state index in [0.29, 0.717) is 18.5 Å². The van der Waals surface area contributed by atoms with E-state index >= 15 is 0 Å². The molecule has 0 aromatic rings. The van der Waals surface area contributed by atoms with Crippen LogP contribution < -0.4 is 10.6 Å². The third-order valence-electron chi connectivity index (χ3n) is 3.70. The molecule has 0 aromatic carbocycles. The molecule has 0 aliphatic carbocycles. The first kappa shape index (κ1) is 18.3. The van der Waals surface area contributed by atoms with E-state index in [4.69, 9.17) is 4.74 Å². The third-order valence-corrected chi connectivity index (χ3v) is 3.70. The molecular weight excluding hydrogens is 264 g/mol. The molecule has 0 radical (unpaired) electrons. The molecule has 124 valence electrons. The monoisotopic (exact) mass is 298 g/mol. The fourth-order valence-electron chi connectivity index (χ4n) is 2.95. The number of alkyl carbamates (subject to hydrolysis) is 1. The van der Waals surface area contributed by atoms with Crippen molar-refractivity contribution in [1.29, 1.82) is 0 Å². The van der Waals surface area contributed by atoms with Gasteiger partial charge in [0, 0.05) is 12.6 Å². The Morgan fingerprint density at radius 1 is 1.24 bits per heavy atom. The van der Waals surface area contributed by atoms with Crippen LogP contribution in [0.3, 0.4) is 0 Å². The predicted molar refractivity (Wildman–Crippen MR) is 87.4 cm³/mol. The summed E-state index contributed by atoms with van der Waals surface area (Å²) in [6.07, 6.45) is 4.54. The van der Waals surface area contributed by atoms with Gasteiger partial charge in [-0.15, -0.1) is 0 Å².